The van der Waals surface area contributed by atoms with Crippen molar-refractivity contribution < 1.29 is 34.5 Å². The fourth-order valence-corrected chi connectivity index (χ4v) is 2.66. The van der Waals surface area contributed by atoms with E-state index in [0.717, 1.165) is 0 Å². The van der Waals surface area contributed by atoms with Crippen LogP contribution in [0, 0.1) is 5.92 Å². The van der Waals surface area contributed by atoms with Crippen molar-refractivity contribution in [3.8, 4) is 0 Å². The van der Waals surface area contributed by atoms with Gasteiger partial charge in [-0.25, -0.2) is 4.79 Å². The Morgan fingerprint density at radius 2 is 1.52 bits per heavy atom. The Labute approximate surface area is 192 Å². The third-order valence-corrected chi connectivity index (χ3v) is 4.99. The van der Waals surface area contributed by atoms with Gasteiger partial charge in [0.25, 0.3) is 0 Å². The number of rotatable bonds is 15. The van der Waals surface area contributed by atoms with Gasteiger partial charge in [-0.05, 0) is 25.7 Å². The molecule has 0 aromatic carbocycles. The minimum Gasteiger partial charge on any atom is -0.480 e. The van der Waals surface area contributed by atoms with Crippen LogP contribution in [0.25, 0.3) is 0 Å². The number of carboxylic acid groups (broad SMARTS) is 1. The van der Waals surface area contributed by atoms with Crippen molar-refractivity contribution in [2.75, 3.05) is 13.2 Å². The van der Waals surface area contributed by atoms with Crippen LogP contribution in [0.2, 0.25) is 0 Å². The minimum absolute atomic E-state index is 0.0421. The van der Waals surface area contributed by atoms with Crippen molar-refractivity contribution in [2.24, 2.45) is 28.1 Å². The number of aliphatic carboxylic acids is 1. The molecule has 0 aromatic rings. The van der Waals surface area contributed by atoms with Gasteiger partial charge in [0.1, 0.15) is 24.2 Å². The second-order valence-electron chi connectivity index (χ2n) is 7.73. The van der Waals surface area contributed by atoms with Crippen LogP contribution in [0.15, 0.2) is 4.99 Å². The van der Waals surface area contributed by atoms with Gasteiger partial charge in [-0.3, -0.25) is 19.4 Å². The monoisotopic (exact) mass is 475 g/mol. The number of aliphatic imine (C=N–C) groups is 1. The van der Waals surface area contributed by atoms with Crippen LogP contribution in [-0.2, 0) is 19.2 Å². The molecule has 0 aromatic heterocycles. The largest absolute Gasteiger partial charge is 0.480 e. The first-order valence-electron chi connectivity index (χ1n) is 10.6. The first kappa shape index (κ1) is 30.0. The molecule has 0 aliphatic carbocycles. The number of carboxylic acids is 1. The highest BCUT2D eigenvalue weighted by Crippen LogP contribution is 2.09. The zero-order valence-electron chi connectivity index (χ0n) is 19.2. The molecule has 3 amide bonds. The van der Waals surface area contributed by atoms with Crippen molar-refractivity contribution in [1.82, 2.24) is 16.0 Å². The summed E-state index contributed by atoms with van der Waals surface area (Å²) in [7, 11) is 0. The number of nitrogens with zero attached hydrogens (tertiary/aromatic N) is 1. The molecule has 14 heteroatoms. The highest BCUT2D eigenvalue weighted by Gasteiger charge is 2.32. The molecular weight excluding hydrogens is 438 g/mol. The molecule has 33 heavy (non-hydrogen) atoms. The summed E-state index contributed by atoms with van der Waals surface area (Å²) in [6.45, 7) is 4.06. The zero-order chi connectivity index (χ0) is 25.7. The van der Waals surface area contributed by atoms with Crippen LogP contribution in [0.1, 0.15) is 40.0 Å². The fraction of sp³-hybridized carbons (Fsp3) is 0.737. The van der Waals surface area contributed by atoms with Crippen molar-refractivity contribution >= 4 is 29.7 Å². The van der Waals surface area contributed by atoms with Crippen molar-refractivity contribution in [2.45, 2.75) is 70.3 Å². The summed E-state index contributed by atoms with van der Waals surface area (Å²) < 4.78 is 0. The molecule has 0 saturated carbocycles. The predicted molar refractivity (Wildman–Crippen MR) is 120 cm³/mol. The lowest BCUT2D eigenvalue weighted by molar-refractivity contribution is -0.144. The summed E-state index contributed by atoms with van der Waals surface area (Å²) in [5.74, 6) is -4.30. The van der Waals surface area contributed by atoms with Crippen molar-refractivity contribution in [3.63, 3.8) is 0 Å². The first-order chi connectivity index (χ1) is 15.3. The van der Waals surface area contributed by atoms with E-state index >= 15 is 0 Å². The van der Waals surface area contributed by atoms with Crippen LogP contribution >= 0.6 is 0 Å². The molecule has 14 nitrogen and oxygen atoms in total. The third-order valence-electron chi connectivity index (χ3n) is 4.99. The van der Waals surface area contributed by atoms with Gasteiger partial charge in [0.05, 0.1) is 12.7 Å². The number of carbonyl (C=O) groups is 4. The Balaban J connectivity index is 5.46. The van der Waals surface area contributed by atoms with Gasteiger partial charge < -0.3 is 48.5 Å². The van der Waals surface area contributed by atoms with Gasteiger partial charge in [-0.2, -0.15) is 0 Å². The average molecular weight is 476 g/mol. The summed E-state index contributed by atoms with van der Waals surface area (Å²) in [5, 5.41) is 35.3. The quantitative estimate of drug-likeness (QED) is 0.0636. The Kier molecular flexibility index (Phi) is 13.6. The molecule has 0 spiro atoms. The molecule has 0 aliphatic rings. The van der Waals surface area contributed by atoms with Gasteiger partial charge >= 0.3 is 5.97 Å². The number of carbonyl (C=O) groups excluding carboxylic acids is 3. The summed E-state index contributed by atoms with van der Waals surface area (Å²) in [5.41, 5.74) is 16.0. The SMILES string of the molecule is CCC(C)C(NC(=O)C(CCCN=C(N)N)NC(=O)C(CO)NC(=O)C(N)C(C)O)C(=O)O. The predicted octanol–water partition coefficient (Wildman–Crippen LogP) is -3.67. The maximum absolute atomic E-state index is 12.8. The molecule has 0 rings (SSSR count). The van der Waals surface area contributed by atoms with E-state index in [4.69, 9.17) is 17.2 Å². The van der Waals surface area contributed by atoms with Gasteiger partial charge in [0.2, 0.25) is 17.7 Å². The number of aliphatic hydroxyl groups is 2. The summed E-state index contributed by atoms with van der Waals surface area (Å²) in [6, 6.07) is -5.18. The average Bonchev–Trinajstić information content (AvgIpc) is 2.75. The van der Waals surface area contributed by atoms with E-state index in [-0.39, 0.29) is 31.3 Å². The number of amides is 3. The van der Waals surface area contributed by atoms with E-state index in [1.165, 1.54) is 6.92 Å². The molecule has 190 valence electrons. The lowest BCUT2D eigenvalue weighted by Crippen LogP contribution is -2.59. The van der Waals surface area contributed by atoms with Gasteiger partial charge in [0, 0.05) is 6.54 Å². The minimum atomic E-state index is -1.46. The van der Waals surface area contributed by atoms with Gasteiger partial charge in [-0.1, -0.05) is 20.3 Å². The van der Waals surface area contributed by atoms with Crippen LogP contribution in [0.5, 0.6) is 0 Å². The topological polar surface area (TPSA) is 255 Å². The summed E-state index contributed by atoms with van der Waals surface area (Å²) in [6.07, 6.45) is -0.406. The first-order valence-corrected chi connectivity index (χ1v) is 10.6. The van der Waals surface area contributed by atoms with Crippen LogP contribution in [-0.4, -0.2) is 88.4 Å². The van der Waals surface area contributed by atoms with Gasteiger partial charge in [0.15, 0.2) is 5.96 Å². The summed E-state index contributed by atoms with van der Waals surface area (Å²) >= 11 is 0. The lowest BCUT2D eigenvalue weighted by Gasteiger charge is -2.26. The molecule has 0 aliphatic heterocycles. The molecule has 12 N–H and O–H groups in total. The van der Waals surface area contributed by atoms with Crippen LogP contribution in [0.4, 0.5) is 0 Å². The van der Waals surface area contributed by atoms with Gasteiger partial charge in [-0.15, -0.1) is 0 Å². The number of hydrogen-bond acceptors (Lipinski definition) is 8. The van der Waals surface area contributed by atoms with Crippen LogP contribution in [0.3, 0.4) is 0 Å². The lowest BCUT2D eigenvalue weighted by atomic mass is 9.98. The Morgan fingerprint density at radius 1 is 0.970 bits per heavy atom. The standard InChI is InChI=1S/C19H37N7O7/c1-4-9(2)14(18(32)33)26-15(29)11(6-5-7-23-19(21)22)24-16(30)12(8-27)25-17(31)13(20)10(3)28/h9-14,27-28H,4-8,20H2,1-3H3,(H,24,30)(H,25,31)(H,26,29)(H,32,33)(H4,21,22,23). The second-order valence-corrected chi connectivity index (χ2v) is 7.73. The number of aliphatic hydroxyl groups excluding tert-OH is 2. The van der Waals surface area contributed by atoms with Crippen molar-refractivity contribution in [3.05, 3.63) is 0 Å². The normalized spacial score (nSPS) is 16.3. The molecule has 0 saturated heterocycles. The van der Waals surface area contributed by atoms with E-state index in [9.17, 15) is 34.5 Å². The van der Waals surface area contributed by atoms with E-state index in [2.05, 4.69) is 20.9 Å². The molecule has 0 bridgehead atoms. The molecule has 0 radical (unpaired) electrons. The van der Waals surface area contributed by atoms with Crippen molar-refractivity contribution in [1.29, 1.82) is 0 Å². The Bertz CT molecular complexity index is 698. The van der Waals surface area contributed by atoms with E-state index in [0.29, 0.717) is 6.42 Å². The Morgan fingerprint density at radius 3 is 1.97 bits per heavy atom. The smallest absolute Gasteiger partial charge is 0.326 e. The van der Waals surface area contributed by atoms with Crippen LogP contribution < -0.4 is 33.2 Å². The number of hydrogen-bond donors (Lipinski definition) is 9. The molecular formula is C19H37N7O7. The Hall–Kier alpha value is -2.97. The maximum atomic E-state index is 12.8. The summed E-state index contributed by atoms with van der Waals surface area (Å²) in [4.78, 5) is 52.8. The molecule has 6 atom stereocenters. The fourth-order valence-electron chi connectivity index (χ4n) is 2.66. The number of guanidine groups is 1. The molecule has 0 fully saturated rings. The molecule has 0 heterocycles. The van der Waals surface area contributed by atoms with E-state index < -0.39 is 60.6 Å². The van der Waals surface area contributed by atoms with E-state index in [1.807, 2.05) is 0 Å². The van der Waals surface area contributed by atoms with E-state index in [1.54, 1.807) is 13.8 Å². The number of nitrogens with two attached hydrogens (primary N) is 3. The highest BCUT2D eigenvalue weighted by molar-refractivity contribution is 5.94. The second kappa shape index (κ2) is 15.0. The molecule has 6 unspecified atom stereocenters. The third kappa shape index (κ3) is 10.9. The number of nitrogens with one attached hydrogen (secondary N) is 3. The maximum Gasteiger partial charge on any atom is 0.326 e. The zero-order valence-corrected chi connectivity index (χ0v) is 19.2. The highest BCUT2D eigenvalue weighted by atomic mass is 16.4.